The van der Waals surface area contributed by atoms with Crippen LogP contribution in [0.5, 0.6) is 0 Å². The van der Waals surface area contributed by atoms with Crippen molar-refractivity contribution >= 4 is 21.8 Å². The largest absolute Gasteiger partial charge is 0.343 e. The fourth-order valence-corrected chi connectivity index (χ4v) is 3.68. The number of amides is 2. The van der Waals surface area contributed by atoms with Crippen molar-refractivity contribution in [2.24, 2.45) is 5.92 Å². The molecule has 1 fully saturated rings. The molecule has 1 aromatic carbocycles. The van der Waals surface area contributed by atoms with Crippen LogP contribution in [-0.2, 0) is 14.8 Å². The first-order chi connectivity index (χ1) is 11.7. The molecule has 1 aliphatic rings. The van der Waals surface area contributed by atoms with Gasteiger partial charge >= 0.3 is 0 Å². The molecule has 1 N–H and O–H groups in total. The lowest BCUT2D eigenvalue weighted by Gasteiger charge is -2.31. The normalized spacial score (nSPS) is 18.2. The minimum atomic E-state index is -3.52. The summed E-state index contributed by atoms with van der Waals surface area (Å²) in [4.78, 5) is 26.2. The minimum Gasteiger partial charge on any atom is -0.343 e. The van der Waals surface area contributed by atoms with Gasteiger partial charge in [0.1, 0.15) is 0 Å². The Balaban J connectivity index is 1.94. The Labute approximate surface area is 149 Å². The van der Waals surface area contributed by atoms with Crippen LogP contribution in [0.2, 0.25) is 0 Å². The summed E-state index contributed by atoms with van der Waals surface area (Å²) < 4.78 is 25.1. The van der Waals surface area contributed by atoms with Crippen LogP contribution in [0.1, 0.15) is 30.1 Å². The van der Waals surface area contributed by atoms with E-state index in [9.17, 15) is 18.0 Å². The Hall–Kier alpha value is -1.93. The van der Waals surface area contributed by atoms with Gasteiger partial charge in [-0.3, -0.25) is 9.59 Å². The van der Waals surface area contributed by atoms with Gasteiger partial charge in [-0.2, -0.15) is 0 Å². The van der Waals surface area contributed by atoms with Crippen molar-refractivity contribution in [1.82, 2.24) is 14.5 Å². The van der Waals surface area contributed by atoms with Crippen LogP contribution in [0.15, 0.2) is 29.2 Å². The van der Waals surface area contributed by atoms with E-state index in [1.807, 2.05) is 0 Å². The zero-order valence-electron chi connectivity index (χ0n) is 14.9. The molecule has 2 rings (SSSR count). The van der Waals surface area contributed by atoms with Crippen LogP contribution in [-0.4, -0.2) is 63.2 Å². The Morgan fingerprint density at radius 1 is 1.24 bits per heavy atom. The van der Waals surface area contributed by atoms with Crippen LogP contribution in [0.3, 0.4) is 0 Å². The Morgan fingerprint density at radius 2 is 1.88 bits per heavy atom. The van der Waals surface area contributed by atoms with Crippen LogP contribution in [0, 0.1) is 5.92 Å². The SMILES string of the molecule is CC1CCCN(C(=O)CNC(=O)c2ccc(S(=O)(=O)N(C)C)cc2)C1. The van der Waals surface area contributed by atoms with Crippen LogP contribution in [0.25, 0.3) is 0 Å². The van der Waals surface area contributed by atoms with E-state index in [4.69, 9.17) is 0 Å². The average molecular weight is 367 g/mol. The quantitative estimate of drug-likeness (QED) is 0.839. The second-order valence-corrected chi connectivity index (χ2v) is 8.73. The minimum absolute atomic E-state index is 0.0523. The van der Waals surface area contributed by atoms with E-state index in [0.29, 0.717) is 11.5 Å². The van der Waals surface area contributed by atoms with Gasteiger partial charge in [0, 0.05) is 32.7 Å². The highest BCUT2D eigenvalue weighted by Crippen LogP contribution is 2.16. The number of likely N-dealkylation sites (tertiary alicyclic amines) is 1. The molecule has 7 nitrogen and oxygen atoms in total. The summed E-state index contributed by atoms with van der Waals surface area (Å²) >= 11 is 0. The third kappa shape index (κ3) is 4.79. The smallest absolute Gasteiger partial charge is 0.251 e. The van der Waals surface area contributed by atoms with Gasteiger partial charge in [-0.25, -0.2) is 12.7 Å². The van der Waals surface area contributed by atoms with Crippen molar-refractivity contribution < 1.29 is 18.0 Å². The number of nitrogens with one attached hydrogen (secondary N) is 1. The number of benzene rings is 1. The molecule has 138 valence electrons. The van der Waals surface area contributed by atoms with Crippen molar-refractivity contribution in [2.75, 3.05) is 33.7 Å². The summed E-state index contributed by atoms with van der Waals surface area (Å²) in [6, 6.07) is 5.66. The van der Waals surface area contributed by atoms with Gasteiger partial charge in [-0.15, -0.1) is 0 Å². The van der Waals surface area contributed by atoms with Gasteiger partial charge in [0.2, 0.25) is 15.9 Å². The first kappa shape index (κ1) is 19.4. The molecule has 0 bridgehead atoms. The molecule has 1 saturated heterocycles. The van der Waals surface area contributed by atoms with E-state index < -0.39 is 15.9 Å². The summed E-state index contributed by atoms with van der Waals surface area (Å²) in [7, 11) is -0.629. The molecule has 0 radical (unpaired) electrons. The molecular weight excluding hydrogens is 342 g/mol. The molecule has 0 saturated carbocycles. The molecule has 1 atom stereocenters. The van der Waals surface area contributed by atoms with E-state index in [1.54, 1.807) is 4.90 Å². The van der Waals surface area contributed by atoms with Crippen LogP contribution in [0.4, 0.5) is 0 Å². The second kappa shape index (κ2) is 7.97. The fourth-order valence-electron chi connectivity index (χ4n) is 2.77. The molecular formula is C17H25N3O4S. The monoisotopic (exact) mass is 367 g/mol. The second-order valence-electron chi connectivity index (χ2n) is 6.58. The number of carbonyl (C=O) groups is 2. The van der Waals surface area contributed by atoms with E-state index in [0.717, 1.165) is 30.2 Å². The molecule has 1 unspecified atom stereocenters. The molecule has 1 aromatic rings. The van der Waals surface area contributed by atoms with Crippen molar-refractivity contribution in [3.8, 4) is 0 Å². The number of nitrogens with zero attached hydrogens (tertiary/aromatic N) is 2. The summed E-state index contributed by atoms with van der Waals surface area (Å²) in [5.41, 5.74) is 0.317. The molecule has 1 aliphatic heterocycles. The highest BCUT2D eigenvalue weighted by Gasteiger charge is 2.21. The van der Waals surface area contributed by atoms with Gasteiger partial charge in [0.05, 0.1) is 11.4 Å². The van der Waals surface area contributed by atoms with Gasteiger partial charge in [-0.1, -0.05) is 6.92 Å². The van der Waals surface area contributed by atoms with Gasteiger partial charge < -0.3 is 10.2 Å². The number of hydrogen-bond acceptors (Lipinski definition) is 4. The summed E-state index contributed by atoms with van der Waals surface area (Å²) in [6.07, 6.45) is 2.11. The van der Waals surface area contributed by atoms with E-state index in [1.165, 1.54) is 38.4 Å². The zero-order valence-corrected chi connectivity index (χ0v) is 15.7. The standard InChI is InChI=1S/C17H25N3O4S/c1-13-5-4-10-20(12-13)16(21)11-18-17(22)14-6-8-15(9-7-14)25(23,24)19(2)3/h6-9,13H,4-5,10-12H2,1-3H3,(H,18,22). The summed E-state index contributed by atoms with van der Waals surface area (Å²) in [5.74, 6) is -0.00138. The van der Waals surface area contributed by atoms with E-state index in [-0.39, 0.29) is 17.3 Å². The van der Waals surface area contributed by atoms with Crippen molar-refractivity contribution in [3.05, 3.63) is 29.8 Å². The predicted octanol–water partition coefficient (Wildman–Crippen LogP) is 0.925. The lowest BCUT2D eigenvalue weighted by Crippen LogP contribution is -2.44. The van der Waals surface area contributed by atoms with Gasteiger partial charge in [0.15, 0.2) is 0 Å². The lowest BCUT2D eigenvalue weighted by atomic mass is 10.0. The molecule has 0 spiro atoms. The van der Waals surface area contributed by atoms with Crippen molar-refractivity contribution in [3.63, 3.8) is 0 Å². The number of hydrogen-bond donors (Lipinski definition) is 1. The van der Waals surface area contributed by atoms with Gasteiger partial charge in [0.25, 0.3) is 5.91 Å². The van der Waals surface area contributed by atoms with Crippen molar-refractivity contribution in [1.29, 1.82) is 0 Å². The molecule has 2 amide bonds. The third-order valence-electron chi connectivity index (χ3n) is 4.30. The lowest BCUT2D eigenvalue weighted by molar-refractivity contribution is -0.131. The zero-order chi connectivity index (χ0) is 18.6. The molecule has 8 heteroatoms. The number of carbonyl (C=O) groups excluding carboxylic acids is 2. The number of rotatable bonds is 5. The van der Waals surface area contributed by atoms with Crippen LogP contribution < -0.4 is 5.32 Å². The van der Waals surface area contributed by atoms with E-state index in [2.05, 4.69) is 12.2 Å². The molecule has 25 heavy (non-hydrogen) atoms. The first-order valence-corrected chi connectivity index (χ1v) is 9.74. The number of sulfonamides is 1. The highest BCUT2D eigenvalue weighted by atomic mass is 32.2. The molecule has 1 heterocycles. The maximum atomic E-state index is 12.2. The highest BCUT2D eigenvalue weighted by molar-refractivity contribution is 7.89. The van der Waals surface area contributed by atoms with E-state index >= 15 is 0 Å². The molecule has 0 aliphatic carbocycles. The third-order valence-corrected chi connectivity index (χ3v) is 6.13. The van der Waals surface area contributed by atoms with Crippen molar-refractivity contribution in [2.45, 2.75) is 24.7 Å². The topological polar surface area (TPSA) is 86.8 Å². The molecule has 0 aromatic heterocycles. The first-order valence-electron chi connectivity index (χ1n) is 8.30. The van der Waals surface area contributed by atoms with Gasteiger partial charge in [-0.05, 0) is 43.0 Å². The van der Waals surface area contributed by atoms with Crippen LogP contribution >= 0.6 is 0 Å². The maximum absolute atomic E-state index is 12.2. The summed E-state index contributed by atoms with van der Waals surface area (Å²) in [5, 5.41) is 2.60. The predicted molar refractivity (Wildman–Crippen MR) is 94.6 cm³/mol. The average Bonchev–Trinajstić information content (AvgIpc) is 2.59. The Morgan fingerprint density at radius 3 is 2.44 bits per heavy atom. The fraction of sp³-hybridized carbons (Fsp3) is 0.529. The Bertz CT molecular complexity index is 729. The summed E-state index contributed by atoms with van der Waals surface area (Å²) in [6.45, 7) is 3.52. The maximum Gasteiger partial charge on any atom is 0.251 e. The Kier molecular flexibility index (Phi) is 6.18. The number of piperidine rings is 1.